The Kier molecular flexibility index (Phi) is 5.03. The molecule has 0 fully saturated rings. The van der Waals surface area contributed by atoms with E-state index in [0.717, 1.165) is 5.56 Å². The molecule has 0 saturated heterocycles. The largest absolute Gasteiger partial charge is 0.465 e. The van der Waals surface area contributed by atoms with Gasteiger partial charge in [-0.25, -0.2) is 0 Å². The first kappa shape index (κ1) is 17.0. The quantitative estimate of drug-likeness (QED) is 0.611. The number of anilines is 1. The molecular weight excluding hydrogens is 298 g/mol. The van der Waals surface area contributed by atoms with Crippen molar-refractivity contribution in [3.8, 4) is 0 Å². The van der Waals surface area contributed by atoms with E-state index >= 15 is 0 Å². The zero-order valence-corrected chi connectivity index (χ0v) is 13.8. The number of rotatable bonds is 5. The summed E-state index contributed by atoms with van der Waals surface area (Å²) in [6.45, 7) is 5.46. The topological polar surface area (TPSA) is 72.9 Å². The number of hydrogen-bond acceptors (Lipinski definition) is 5. The summed E-state index contributed by atoms with van der Waals surface area (Å²) in [4.78, 5) is 38.7. The number of aryl methyl sites for hydroxylation is 1. The van der Waals surface area contributed by atoms with Crippen LogP contribution in [0.5, 0.6) is 0 Å². The summed E-state index contributed by atoms with van der Waals surface area (Å²) in [5.74, 6) is -3.96. The Labute approximate surface area is 135 Å². The minimum atomic E-state index is -1.28. The van der Waals surface area contributed by atoms with E-state index in [9.17, 15) is 14.4 Å². The van der Waals surface area contributed by atoms with E-state index in [1.807, 2.05) is 25.1 Å². The number of esters is 2. The SMILES string of the molecule is CCOC(=O)C(C(=O)OCC)C1C(=O)N(C)c2ccc(C)cc21. The zero-order valence-electron chi connectivity index (χ0n) is 13.8. The Morgan fingerprint density at radius 1 is 1.17 bits per heavy atom. The first-order chi connectivity index (χ1) is 10.9. The van der Waals surface area contributed by atoms with Gasteiger partial charge in [-0.05, 0) is 32.4 Å². The first-order valence-electron chi connectivity index (χ1n) is 7.63. The monoisotopic (exact) mass is 319 g/mol. The normalized spacial score (nSPS) is 16.5. The molecule has 1 aromatic carbocycles. The molecule has 1 aromatic rings. The second-order valence-electron chi connectivity index (χ2n) is 5.42. The summed E-state index contributed by atoms with van der Waals surface area (Å²) in [6.07, 6.45) is 0. The van der Waals surface area contributed by atoms with Crippen molar-refractivity contribution in [2.75, 3.05) is 25.2 Å². The molecule has 0 aliphatic carbocycles. The third-order valence-electron chi connectivity index (χ3n) is 3.89. The Hall–Kier alpha value is -2.37. The molecule has 1 aliphatic heterocycles. The molecule has 0 bridgehead atoms. The van der Waals surface area contributed by atoms with Gasteiger partial charge in [-0.2, -0.15) is 0 Å². The highest BCUT2D eigenvalue weighted by atomic mass is 16.6. The highest BCUT2D eigenvalue weighted by molar-refractivity contribution is 6.11. The third kappa shape index (κ3) is 3.06. The van der Waals surface area contributed by atoms with E-state index in [4.69, 9.17) is 9.47 Å². The number of amides is 1. The van der Waals surface area contributed by atoms with Gasteiger partial charge in [0.1, 0.15) is 0 Å². The zero-order chi connectivity index (χ0) is 17.1. The van der Waals surface area contributed by atoms with Crippen molar-refractivity contribution in [2.45, 2.75) is 26.7 Å². The number of nitrogens with zero attached hydrogens (tertiary/aromatic N) is 1. The average Bonchev–Trinajstić information content (AvgIpc) is 2.73. The van der Waals surface area contributed by atoms with Crippen LogP contribution in [-0.2, 0) is 23.9 Å². The van der Waals surface area contributed by atoms with Gasteiger partial charge >= 0.3 is 11.9 Å². The van der Waals surface area contributed by atoms with Crippen LogP contribution < -0.4 is 4.90 Å². The average molecular weight is 319 g/mol. The first-order valence-corrected chi connectivity index (χ1v) is 7.63. The van der Waals surface area contributed by atoms with Crippen LogP contribution in [0.4, 0.5) is 5.69 Å². The lowest BCUT2D eigenvalue weighted by molar-refractivity contribution is -0.164. The summed E-state index contributed by atoms with van der Waals surface area (Å²) < 4.78 is 10.0. The van der Waals surface area contributed by atoms with Crippen LogP contribution in [-0.4, -0.2) is 38.1 Å². The highest BCUT2D eigenvalue weighted by Gasteiger charge is 2.48. The number of fused-ring (bicyclic) bond motifs is 1. The maximum absolute atomic E-state index is 12.6. The molecule has 1 unspecified atom stereocenters. The van der Waals surface area contributed by atoms with Crippen LogP contribution in [0, 0.1) is 12.8 Å². The Morgan fingerprint density at radius 2 is 1.74 bits per heavy atom. The van der Waals surface area contributed by atoms with E-state index in [1.165, 1.54) is 4.90 Å². The molecule has 1 atom stereocenters. The number of hydrogen-bond donors (Lipinski definition) is 0. The maximum atomic E-state index is 12.6. The second kappa shape index (κ2) is 6.81. The fourth-order valence-electron chi connectivity index (χ4n) is 2.84. The molecule has 1 aliphatic rings. The molecule has 0 saturated carbocycles. The molecule has 1 heterocycles. The van der Waals surface area contributed by atoms with Crippen LogP contribution in [0.25, 0.3) is 0 Å². The fourth-order valence-corrected chi connectivity index (χ4v) is 2.84. The molecule has 6 heteroatoms. The van der Waals surface area contributed by atoms with E-state index in [-0.39, 0.29) is 19.1 Å². The Morgan fingerprint density at radius 3 is 2.26 bits per heavy atom. The van der Waals surface area contributed by atoms with Crippen molar-refractivity contribution in [1.82, 2.24) is 0 Å². The van der Waals surface area contributed by atoms with Crippen molar-refractivity contribution in [2.24, 2.45) is 5.92 Å². The van der Waals surface area contributed by atoms with Crippen molar-refractivity contribution in [1.29, 1.82) is 0 Å². The van der Waals surface area contributed by atoms with Crippen molar-refractivity contribution >= 4 is 23.5 Å². The van der Waals surface area contributed by atoms with Gasteiger partial charge in [-0.1, -0.05) is 17.7 Å². The molecular formula is C17H21NO5. The molecule has 124 valence electrons. The van der Waals surface area contributed by atoms with Gasteiger partial charge in [-0.3, -0.25) is 14.4 Å². The molecule has 2 rings (SSSR count). The standard InChI is InChI=1S/C17H21NO5/c1-5-22-16(20)14(17(21)23-6-2)13-11-9-10(3)7-8-12(11)18(4)15(13)19/h7-9,13-14H,5-6H2,1-4H3. The van der Waals surface area contributed by atoms with Gasteiger partial charge in [-0.15, -0.1) is 0 Å². The molecule has 0 aromatic heterocycles. The minimum Gasteiger partial charge on any atom is -0.465 e. The van der Waals surface area contributed by atoms with Gasteiger partial charge < -0.3 is 14.4 Å². The van der Waals surface area contributed by atoms with Crippen molar-refractivity contribution in [3.05, 3.63) is 29.3 Å². The number of likely N-dealkylation sites (N-methyl/N-ethyl adjacent to an activating group) is 1. The summed E-state index contributed by atoms with van der Waals surface area (Å²) in [5.41, 5.74) is 2.30. The third-order valence-corrected chi connectivity index (χ3v) is 3.89. The predicted octanol–water partition coefficient (Wildman–Crippen LogP) is 1.80. The molecule has 23 heavy (non-hydrogen) atoms. The van der Waals surface area contributed by atoms with Crippen molar-refractivity contribution < 1.29 is 23.9 Å². The number of ether oxygens (including phenoxy) is 2. The van der Waals surface area contributed by atoms with Gasteiger partial charge in [0.05, 0.1) is 19.1 Å². The fraction of sp³-hybridized carbons (Fsp3) is 0.471. The minimum absolute atomic E-state index is 0.131. The van der Waals surface area contributed by atoms with Gasteiger partial charge in [0.15, 0.2) is 5.92 Å². The number of carbonyl (C=O) groups excluding carboxylic acids is 3. The van der Waals surface area contributed by atoms with E-state index < -0.39 is 23.8 Å². The van der Waals surface area contributed by atoms with E-state index in [0.29, 0.717) is 11.3 Å². The van der Waals surface area contributed by atoms with Crippen LogP contribution in [0.3, 0.4) is 0 Å². The summed E-state index contributed by atoms with van der Waals surface area (Å²) in [7, 11) is 1.63. The molecule has 0 N–H and O–H groups in total. The number of benzene rings is 1. The lowest BCUT2D eigenvalue weighted by Crippen LogP contribution is -2.38. The lowest BCUT2D eigenvalue weighted by Gasteiger charge is -2.20. The maximum Gasteiger partial charge on any atom is 0.321 e. The molecule has 0 radical (unpaired) electrons. The number of carbonyl (C=O) groups is 3. The Balaban J connectivity index is 2.50. The van der Waals surface area contributed by atoms with E-state index in [2.05, 4.69) is 0 Å². The van der Waals surface area contributed by atoms with Crippen molar-refractivity contribution in [3.63, 3.8) is 0 Å². The summed E-state index contributed by atoms with van der Waals surface area (Å²) >= 11 is 0. The Bertz CT molecular complexity index is 622. The van der Waals surface area contributed by atoms with Gasteiger partial charge in [0.25, 0.3) is 0 Å². The molecule has 6 nitrogen and oxygen atoms in total. The summed E-state index contributed by atoms with van der Waals surface area (Å²) in [6, 6.07) is 5.53. The van der Waals surface area contributed by atoms with E-state index in [1.54, 1.807) is 20.9 Å². The van der Waals surface area contributed by atoms with Crippen LogP contribution in [0.2, 0.25) is 0 Å². The van der Waals surface area contributed by atoms with Gasteiger partial charge in [0.2, 0.25) is 5.91 Å². The predicted molar refractivity (Wildman–Crippen MR) is 84.1 cm³/mol. The lowest BCUT2D eigenvalue weighted by atomic mass is 9.86. The smallest absolute Gasteiger partial charge is 0.321 e. The molecule has 0 spiro atoms. The van der Waals surface area contributed by atoms with Gasteiger partial charge in [0, 0.05) is 12.7 Å². The van der Waals surface area contributed by atoms with Crippen LogP contribution >= 0.6 is 0 Å². The highest BCUT2D eigenvalue weighted by Crippen LogP contribution is 2.42. The van der Waals surface area contributed by atoms with Crippen LogP contribution in [0.1, 0.15) is 30.9 Å². The molecule has 1 amide bonds. The van der Waals surface area contributed by atoms with Crippen LogP contribution in [0.15, 0.2) is 18.2 Å². The summed E-state index contributed by atoms with van der Waals surface area (Å²) in [5, 5.41) is 0. The second-order valence-corrected chi connectivity index (χ2v) is 5.42.